The number of benzene rings is 1. The van der Waals surface area contributed by atoms with Gasteiger partial charge in [0.25, 0.3) is 0 Å². The van der Waals surface area contributed by atoms with Gasteiger partial charge in [-0.15, -0.1) is 0 Å². The lowest BCUT2D eigenvalue weighted by atomic mass is 9.82. The summed E-state index contributed by atoms with van der Waals surface area (Å²) in [6, 6.07) is 9.20. The van der Waals surface area contributed by atoms with Crippen molar-refractivity contribution < 1.29 is 27.7 Å². The van der Waals surface area contributed by atoms with Crippen LogP contribution in [0.25, 0.3) is 0 Å². The molecule has 1 aliphatic heterocycles. The van der Waals surface area contributed by atoms with Gasteiger partial charge in [-0.1, -0.05) is 25.0 Å². The van der Waals surface area contributed by atoms with Gasteiger partial charge in [-0.2, -0.15) is 0 Å². The van der Waals surface area contributed by atoms with E-state index >= 15 is 4.39 Å². The lowest BCUT2D eigenvalue weighted by molar-refractivity contribution is -0.120. The molecule has 2 aromatic rings. The van der Waals surface area contributed by atoms with Crippen LogP contribution in [0.15, 0.2) is 42.6 Å². The molecule has 2 amide bonds. The molecule has 43 heavy (non-hydrogen) atoms. The smallest absolute Gasteiger partial charge is 0.411 e. The van der Waals surface area contributed by atoms with Gasteiger partial charge in [0.05, 0.1) is 45.3 Å². The van der Waals surface area contributed by atoms with Gasteiger partial charge in [0.15, 0.2) is 0 Å². The average molecular weight is 617 g/mol. The van der Waals surface area contributed by atoms with E-state index < -0.39 is 50.7 Å². The molecule has 0 spiro atoms. The Kier molecular flexibility index (Phi) is 9.98. The number of aromatic nitrogens is 1. The third kappa shape index (κ3) is 8.19. The molecule has 4 atom stereocenters. The summed E-state index contributed by atoms with van der Waals surface area (Å²) >= 11 is 0. The van der Waals surface area contributed by atoms with E-state index in [4.69, 9.17) is 9.47 Å². The fourth-order valence-electron chi connectivity index (χ4n) is 5.18. The molecule has 2 fully saturated rings. The maximum Gasteiger partial charge on any atom is 0.411 e. The normalized spacial score (nSPS) is 21.3. The van der Waals surface area contributed by atoms with Crippen molar-refractivity contribution in [3.63, 3.8) is 0 Å². The number of carbonyl (C=O) groups is 2. The zero-order chi connectivity index (χ0) is 31.6. The third-order valence-corrected chi connectivity index (χ3v) is 9.44. The first-order valence-corrected chi connectivity index (χ1v) is 16.0. The van der Waals surface area contributed by atoms with Crippen LogP contribution in [0.1, 0.15) is 84.9 Å². The first-order chi connectivity index (χ1) is 20.1. The maximum absolute atomic E-state index is 15.4. The highest BCUT2D eigenvalue weighted by molar-refractivity contribution is 7.84. The van der Waals surface area contributed by atoms with Crippen molar-refractivity contribution >= 4 is 28.7 Å². The summed E-state index contributed by atoms with van der Waals surface area (Å²) < 4.78 is 42.8. The molecule has 0 bridgehead atoms. The fraction of sp³-hybridized carbons (Fsp3) is 0.594. The number of carbonyl (C=O) groups excluding carboxylic acids is 2. The second kappa shape index (κ2) is 13.0. The van der Waals surface area contributed by atoms with E-state index in [2.05, 4.69) is 15.0 Å². The highest BCUT2D eigenvalue weighted by atomic mass is 32.2. The summed E-state index contributed by atoms with van der Waals surface area (Å²) in [6.45, 7) is 11.1. The van der Waals surface area contributed by atoms with Gasteiger partial charge in [-0.25, -0.2) is 18.1 Å². The predicted octanol–water partition coefficient (Wildman–Crippen LogP) is 5.67. The molecule has 1 aromatic heterocycles. The predicted molar refractivity (Wildman–Crippen MR) is 165 cm³/mol. The Hall–Kier alpha value is -2.89. The molecule has 1 saturated carbocycles. The van der Waals surface area contributed by atoms with Gasteiger partial charge in [-0.3, -0.25) is 14.7 Å². The van der Waals surface area contributed by atoms with Crippen molar-refractivity contribution in [1.29, 1.82) is 0 Å². The fourth-order valence-corrected chi connectivity index (χ4v) is 6.13. The van der Waals surface area contributed by atoms with Crippen molar-refractivity contribution in [2.24, 2.45) is 5.92 Å². The number of anilines is 1. The Bertz CT molecular complexity index is 1330. The molecule has 2 N–H and O–H groups in total. The topological polar surface area (TPSA) is 110 Å². The Morgan fingerprint density at radius 2 is 1.84 bits per heavy atom. The standard InChI is InChI=1S/C32H45FN4O5S/c1-30(2,3)42-29(39)37-20-23(41-7)19-26(37)28(38)35-25-18-22(13-14-24(25)33)32(16-15-21-11-12-21,27-10-8-9-17-34-27)36-43(40)31(4,5)6/h8-10,13-14,17-18,21,23,26,36H,11-12,15-16,19-20H2,1-7H3,(H,35,38)/t23-,26-,32?,43-/m1/s1. The minimum Gasteiger partial charge on any atom is -0.444 e. The molecule has 0 radical (unpaired) electrons. The molecule has 11 heteroatoms. The molecule has 4 rings (SSSR count). The van der Waals surface area contributed by atoms with Crippen LogP contribution >= 0.6 is 0 Å². The van der Waals surface area contributed by atoms with Crippen LogP contribution in [0.4, 0.5) is 14.9 Å². The molecule has 1 aliphatic carbocycles. The third-order valence-electron chi connectivity index (χ3n) is 7.79. The van der Waals surface area contributed by atoms with Crippen LogP contribution < -0.4 is 10.0 Å². The zero-order valence-corrected chi connectivity index (χ0v) is 27.1. The van der Waals surface area contributed by atoms with Crippen LogP contribution in [0.2, 0.25) is 0 Å². The highest BCUT2D eigenvalue weighted by Gasteiger charge is 2.43. The van der Waals surface area contributed by atoms with E-state index in [0.29, 0.717) is 23.6 Å². The minimum atomic E-state index is -1.49. The van der Waals surface area contributed by atoms with E-state index in [0.717, 1.165) is 19.3 Å². The number of amides is 2. The number of hydrogen-bond acceptors (Lipinski definition) is 6. The Balaban J connectivity index is 1.71. The summed E-state index contributed by atoms with van der Waals surface area (Å²) in [5.74, 6) is -0.604. The van der Waals surface area contributed by atoms with E-state index in [9.17, 15) is 13.8 Å². The zero-order valence-electron chi connectivity index (χ0n) is 26.2. The highest BCUT2D eigenvalue weighted by Crippen LogP contribution is 2.42. The number of likely N-dealkylation sites (tertiary alicyclic amines) is 1. The van der Waals surface area contributed by atoms with Gasteiger partial charge in [0, 0.05) is 19.7 Å². The summed E-state index contributed by atoms with van der Waals surface area (Å²) in [5.41, 5.74) is -0.508. The van der Waals surface area contributed by atoms with Gasteiger partial charge < -0.3 is 14.8 Å². The monoisotopic (exact) mass is 616 g/mol. The van der Waals surface area contributed by atoms with E-state index in [1.807, 2.05) is 39.0 Å². The van der Waals surface area contributed by atoms with Crippen molar-refractivity contribution in [3.05, 3.63) is 59.7 Å². The lowest BCUT2D eigenvalue weighted by Crippen LogP contribution is -2.49. The number of nitrogens with zero attached hydrogens (tertiary/aromatic N) is 2. The van der Waals surface area contributed by atoms with Gasteiger partial charge in [-0.05, 0) is 90.1 Å². The largest absolute Gasteiger partial charge is 0.444 e. The Morgan fingerprint density at radius 3 is 2.42 bits per heavy atom. The van der Waals surface area contributed by atoms with Crippen LogP contribution in [0.5, 0.6) is 0 Å². The Labute approximate surface area is 256 Å². The molecule has 1 unspecified atom stereocenters. The number of nitrogens with one attached hydrogen (secondary N) is 2. The van der Waals surface area contributed by atoms with E-state index in [1.54, 1.807) is 39.1 Å². The van der Waals surface area contributed by atoms with Crippen LogP contribution in [0, 0.1) is 11.7 Å². The van der Waals surface area contributed by atoms with E-state index in [1.165, 1.54) is 18.1 Å². The molecule has 9 nitrogen and oxygen atoms in total. The number of pyridine rings is 1. The summed E-state index contributed by atoms with van der Waals surface area (Å²) in [7, 11) is 0.0291. The maximum atomic E-state index is 15.4. The second-order valence-corrected chi connectivity index (χ2v) is 15.5. The molecule has 1 saturated heterocycles. The second-order valence-electron chi connectivity index (χ2n) is 13.5. The first-order valence-electron chi connectivity index (χ1n) is 14.9. The lowest BCUT2D eigenvalue weighted by Gasteiger charge is -2.37. The van der Waals surface area contributed by atoms with Crippen LogP contribution in [-0.4, -0.2) is 62.2 Å². The average Bonchev–Trinajstić information content (AvgIpc) is 3.66. The van der Waals surface area contributed by atoms with Gasteiger partial charge in [0.2, 0.25) is 5.91 Å². The van der Waals surface area contributed by atoms with Gasteiger partial charge in [0.1, 0.15) is 17.5 Å². The Morgan fingerprint density at radius 1 is 1.12 bits per heavy atom. The van der Waals surface area contributed by atoms with Crippen molar-refractivity contribution in [1.82, 2.24) is 14.6 Å². The minimum absolute atomic E-state index is 0.0393. The molecule has 2 aliphatic rings. The molecular weight excluding hydrogens is 571 g/mol. The molecule has 1 aromatic carbocycles. The number of methoxy groups -OCH3 is 1. The number of rotatable bonds is 10. The van der Waals surface area contributed by atoms with Crippen molar-refractivity contribution in [2.75, 3.05) is 19.0 Å². The van der Waals surface area contributed by atoms with Gasteiger partial charge >= 0.3 is 6.09 Å². The number of halogens is 1. The molecular formula is C32H45FN4O5S. The quantitative estimate of drug-likeness (QED) is 0.356. The number of ether oxygens (including phenoxy) is 2. The molecule has 2 heterocycles. The van der Waals surface area contributed by atoms with Crippen molar-refractivity contribution in [2.45, 2.75) is 102 Å². The van der Waals surface area contributed by atoms with Crippen molar-refractivity contribution in [3.8, 4) is 0 Å². The summed E-state index contributed by atoms with van der Waals surface area (Å²) in [6.07, 6.45) is 4.67. The van der Waals surface area contributed by atoms with Crippen LogP contribution in [0.3, 0.4) is 0 Å². The summed E-state index contributed by atoms with van der Waals surface area (Å²) in [4.78, 5) is 32.6. The summed E-state index contributed by atoms with van der Waals surface area (Å²) in [5, 5.41) is 2.73. The van der Waals surface area contributed by atoms with E-state index in [-0.39, 0.29) is 24.8 Å². The first kappa shape index (κ1) is 33.0. The van der Waals surface area contributed by atoms with Crippen LogP contribution in [-0.2, 0) is 30.8 Å². The number of hydrogen-bond donors (Lipinski definition) is 2. The molecule has 236 valence electrons. The SMILES string of the molecule is CO[C@@H]1C[C@H](C(=O)Nc2cc(C(CCC3CC3)(N[S@](=O)C(C)(C)C)c3ccccn3)ccc2F)N(C(=O)OC(C)(C)C)C1.